The molecule has 150 valence electrons. The van der Waals surface area contributed by atoms with Gasteiger partial charge in [-0.3, -0.25) is 14.9 Å². The lowest BCUT2D eigenvalue weighted by Crippen LogP contribution is -2.47. The van der Waals surface area contributed by atoms with Gasteiger partial charge in [-0.15, -0.1) is 0 Å². The number of fused-ring (bicyclic) bond motifs is 1. The first kappa shape index (κ1) is 18.6. The molecule has 5 heteroatoms. The molecule has 0 radical (unpaired) electrons. The second-order valence-corrected chi connectivity index (χ2v) is 8.58. The molecule has 2 bridgehead atoms. The molecule has 0 saturated carbocycles. The lowest BCUT2D eigenvalue weighted by atomic mass is 9.52. The largest absolute Gasteiger partial charge is 0.325 e. The van der Waals surface area contributed by atoms with Crippen LogP contribution in [0.1, 0.15) is 53.0 Å². The number of carbonyl (C=O) groups is 1. The molecule has 0 fully saturated rings. The number of nitro groups is 1. The van der Waals surface area contributed by atoms with Crippen molar-refractivity contribution in [1.82, 2.24) is 0 Å². The van der Waals surface area contributed by atoms with E-state index in [0.717, 1.165) is 5.56 Å². The third kappa shape index (κ3) is 2.58. The van der Waals surface area contributed by atoms with Gasteiger partial charge in [0.2, 0.25) is 5.91 Å². The zero-order valence-corrected chi connectivity index (χ0v) is 16.9. The molecule has 1 amide bonds. The number of benzene rings is 3. The van der Waals surface area contributed by atoms with Crippen molar-refractivity contribution in [2.45, 2.75) is 32.1 Å². The van der Waals surface area contributed by atoms with E-state index in [1.807, 2.05) is 26.0 Å². The highest BCUT2D eigenvalue weighted by Gasteiger charge is 2.53. The van der Waals surface area contributed by atoms with Crippen LogP contribution in [0, 0.1) is 22.5 Å². The second-order valence-electron chi connectivity index (χ2n) is 8.58. The highest BCUT2D eigenvalue weighted by Crippen LogP contribution is 2.61. The van der Waals surface area contributed by atoms with E-state index in [2.05, 4.69) is 41.7 Å². The molecule has 6 rings (SSSR count). The van der Waals surface area contributed by atoms with Crippen LogP contribution in [0.3, 0.4) is 0 Å². The molecule has 0 aliphatic heterocycles. The summed E-state index contributed by atoms with van der Waals surface area (Å²) in [7, 11) is 0. The van der Waals surface area contributed by atoms with Gasteiger partial charge in [-0.25, -0.2) is 0 Å². The van der Waals surface area contributed by atoms with Crippen LogP contribution in [-0.2, 0) is 4.79 Å². The Hall–Kier alpha value is -3.47. The molecule has 5 nitrogen and oxygen atoms in total. The first-order chi connectivity index (χ1) is 14.4. The lowest BCUT2D eigenvalue weighted by molar-refractivity contribution is -0.384. The Morgan fingerprint density at radius 3 is 2.13 bits per heavy atom. The monoisotopic (exact) mass is 398 g/mol. The number of nitro benzene ring substituents is 1. The van der Waals surface area contributed by atoms with Crippen molar-refractivity contribution < 1.29 is 9.72 Å². The smallest absolute Gasteiger partial charge is 0.271 e. The average Bonchev–Trinajstić information content (AvgIpc) is 2.75. The first-order valence-electron chi connectivity index (χ1n) is 10.1. The van der Waals surface area contributed by atoms with Crippen LogP contribution in [0.15, 0.2) is 66.7 Å². The van der Waals surface area contributed by atoms with Crippen LogP contribution in [0.25, 0.3) is 0 Å². The number of non-ortho nitro benzene ring substituents is 1. The molecule has 3 aromatic carbocycles. The molecular weight excluding hydrogens is 376 g/mol. The van der Waals surface area contributed by atoms with Gasteiger partial charge in [-0.2, -0.15) is 0 Å². The summed E-state index contributed by atoms with van der Waals surface area (Å²) in [5, 5.41) is 14.2. The molecule has 0 spiro atoms. The summed E-state index contributed by atoms with van der Waals surface area (Å²) in [4.78, 5) is 24.4. The van der Waals surface area contributed by atoms with E-state index in [4.69, 9.17) is 0 Å². The van der Waals surface area contributed by atoms with Gasteiger partial charge in [0.15, 0.2) is 0 Å². The summed E-state index contributed by atoms with van der Waals surface area (Å²) >= 11 is 0. The number of amides is 1. The third-order valence-corrected chi connectivity index (χ3v) is 6.83. The van der Waals surface area contributed by atoms with Crippen LogP contribution < -0.4 is 5.32 Å². The predicted molar refractivity (Wildman–Crippen MR) is 116 cm³/mol. The standard InChI is InChI=1S/C25H22N2O3/c1-15-11-12-16(27(29)30)13-22(15)26-24(28)25(2)14-21-17-7-3-5-9-19(17)23(25)20-10-6-4-8-18(20)21/h3-13,21,23H,14H2,1-2H3,(H,26,28)/t21?,23?,25-/m0/s1. The van der Waals surface area contributed by atoms with Crippen LogP contribution in [0.4, 0.5) is 11.4 Å². The minimum atomic E-state index is -0.648. The maximum atomic E-state index is 13.7. The van der Waals surface area contributed by atoms with E-state index in [-0.39, 0.29) is 23.4 Å². The zero-order chi connectivity index (χ0) is 21.0. The Balaban J connectivity index is 1.58. The number of hydrogen-bond acceptors (Lipinski definition) is 3. The lowest BCUT2D eigenvalue weighted by Gasteiger charge is -2.50. The molecule has 30 heavy (non-hydrogen) atoms. The Labute approximate surface area is 174 Å². The normalized spacial score (nSPS) is 23.4. The van der Waals surface area contributed by atoms with Gasteiger partial charge in [-0.05, 0) is 48.1 Å². The SMILES string of the molecule is Cc1ccc([N+](=O)[O-])cc1NC(=O)[C@@]1(C)CC2c3ccccc3C1c1ccccc12. The quantitative estimate of drug-likeness (QED) is 0.466. The number of carbonyl (C=O) groups excluding carboxylic acids is 1. The molecule has 0 saturated heterocycles. The maximum Gasteiger partial charge on any atom is 0.271 e. The number of hydrogen-bond donors (Lipinski definition) is 1. The summed E-state index contributed by atoms with van der Waals surface area (Å²) in [6, 6.07) is 21.4. The Morgan fingerprint density at radius 2 is 1.57 bits per heavy atom. The zero-order valence-electron chi connectivity index (χ0n) is 16.9. The molecule has 3 aliphatic rings. The van der Waals surface area contributed by atoms with Crippen molar-refractivity contribution in [3.8, 4) is 0 Å². The molecule has 1 N–H and O–H groups in total. The fraction of sp³-hybridized carbons (Fsp3) is 0.240. The second kappa shape index (κ2) is 6.52. The maximum absolute atomic E-state index is 13.7. The van der Waals surface area contributed by atoms with Crippen molar-refractivity contribution in [2.75, 3.05) is 5.32 Å². The van der Waals surface area contributed by atoms with E-state index in [1.165, 1.54) is 34.4 Å². The number of nitrogens with zero attached hydrogens (tertiary/aromatic N) is 1. The predicted octanol–water partition coefficient (Wildman–Crippen LogP) is 5.53. The number of aryl methyl sites for hydroxylation is 1. The summed E-state index contributed by atoms with van der Waals surface area (Å²) in [6.07, 6.45) is 0.714. The van der Waals surface area contributed by atoms with Crippen molar-refractivity contribution in [1.29, 1.82) is 0 Å². The topological polar surface area (TPSA) is 72.2 Å². The van der Waals surface area contributed by atoms with Gasteiger partial charge in [0.25, 0.3) is 5.69 Å². The van der Waals surface area contributed by atoms with Crippen molar-refractivity contribution in [3.05, 3.63) is 105 Å². The van der Waals surface area contributed by atoms with Crippen LogP contribution in [0.2, 0.25) is 0 Å². The fourth-order valence-electron chi connectivity index (χ4n) is 5.31. The van der Waals surface area contributed by atoms with E-state index < -0.39 is 10.3 Å². The van der Waals surface area contributed by atoms with Gasteiger partial charge in [0, 0.05) is 24.0 Å². The number of nitrogens with one attached hydrogen (secondary N) is 1. The fourth-order valence-corrected chi connectivity index (χ4v) is 5.31. The highest BCUT2D eigenvalue weighted by atomic mass is 16.6. The number of rotatable bonds is 3. The average molecular weight is 398 g/mol. The van der Waals surface area contributed by atoms with Gasteiger partial charge in [0.1, 0.15) is 0 Å². The van der Waals surface area contributed by atoms with E-state index in [9.17, 15) is 14.9 Å². The van der Waals surface area contributed by atoms with Crippen molar-refractivity contribution in [2.24, 2.45) is 5.41 Å². The van der Waals surface area contributed by atoms with Crippen LogP contribution in [-0.4, -0.2) is 10.8 Å². The Bertz CT molecular complexity index is 1160. The Morgan fingerprint density at radius 1 is 1.00 bits per heavy atom. The van der Waals surface area contributed by atoms with Crippen molar-refractivity contribution >= 4 is 17.3 Å². The summed E-state index contributed by atoms with van der Waals surface area (Å²) in [5.74, 6) is 0.0309. The summed E-state index contributed by atoms with van der Waals surface area (Å²) < 4.78 is 0. The molecule has 3 aromatic rings. The highest BCUT2D eigenvalue weighted by molar-refractivity contribution is 5.98. The van der Waals surface area contributed by atoms with E-state index >= 15 is 0 Å². The minimum Gasteiger partial charge on any atom is -0.325 e. The molecule has 0 heterocycles. The summed E-state index contributed by atoms with van der Waals surface area (Å²) in [6.45, 7) is 3.87. The van der Waals surface area contributed by atoms with Gasteiger partial charge < -0.3 is 5.32 Å². The van der Waals surface area contributed by atoms with E-state index in [1.54, 1.807) is 6.07 Å². The number of anilines is 1. The summed E-state index contributed by atoms with van der Waals surface area (Å²) in [5.41, 5.74) is 5.65. The van der Waals surface area contributed by atoms with Crippen LogP contribution in [0.5, 0.6) is 0 Å². The van der Waals surface area contributed by atoms with Crippen LogP contribution >= 0.6 is 0 Å². The van der Waals surface area contributed by atoms with Gasteiger partial charge >= 0.3 is 0 Å². The molecule has 0 unspecified atom stereocenters. The van der Waals surface area contributed by atoms with Gasteiger partial charge in [-0.1, -0.05) is 54.6 Å². The molecule has 0 aromatic heterocycles. The molecular formula is C25H22N2O3. The minimum absolute atomic E-state index is 0.0260. The van der Waals surface area contributed by atoms with Crippen molar-refractivity contribution in [3.63, 3.8) is 0 Å². The molecule has 1 atom stereocenters. The molecule has 3 aliphatic carbocycles. The first-order valence-corrected chi connectivity index (χ1v) is 10.1. The van der Waals surface area contributed by atoms with Gasteiger partial charge in [0.05, 0.1) is 16.0 Å². The third-order valence-electron chi connectivity index (χ3n) is 6.83. The van der Waals surface area contributed by atoms with E-state index in [0.29, 0.717) is 12.1 Å². The Kier molecular flexibility index (Phi) is 4.03.